The molecular formula is C22H21N5O. The van der Waals surface area contributed by atoms with Crippen LogP contribution in [-0.2, 0) is 19.6 Å². The van der Waals surface area contributed by atoms with Crippen LogP contribution in [0.2, 0.25) is 0 Å². The van der Waals surface area contributed by atoms with Gasteiger partial charge in [-0.1, -0.05) is 54.6 Å². The SMILES string of the molecule is O=C(NCc1ccc(Cn2cncn2)cc1)c1cccn1Cc1ccccc1. The maximum atomic E-state index is 12.6. The Morgan fingerprint density at radius 2 is 1.61 bits per heavy atom. The third-order valence-electron chi connectivity index (χ3n) is 4.55. The van der Waals surface area contributed by atoms with Gasteiger partial charge in [0.1, 0.15) is 18.3 Å². The van der Waals surface area contributed by atoms with E-state index < -0.39 is 0 Å². The monoisotopic (exact) mass is 371 g/mol. The summed E-state index contributed by atoms with van der Waals surface area (Å²) in [5.41, 5.74) is 4.01. The highest BCUT2D eigenvalue weighted by Gasteiger charge is 2.11. The summed E-state index contributed by atoms with van der Waals surface area (Å²) in [4.78, 5) is 16.6. The van der Waals surface area contributed by atoms with Gasteiger partial charge in [-0.25, -0.2) is 9.67 Å². The molecule has 0 aliphatic heterocycles. The van der Waals surface area contributed by atoms with Crippen molar-refractivity contribution < 1.29 is 4.79 Å². The van der Waals surface area contributed by atoms with E-state index in [-0.39, 0.29) is 5.91 Å². The molecule has 0 aliphatic carbocycles. The number of amides is 1. The molecule has 0 bridgehead atoms. The molecule has 6 heteroatoms. The zero-order valence-electron chi connectivity index (χ0n) is 15.4. The maximum Gasteiger partial charge on any atom is 0.268 e. The van der Waals surface area contributed by atoms with Gasteiger partial charge in [-0.05, 0) is 28.8 Å². The number of benzene rings is 2. The van der Waals surface area contributed by atoms with E-state index in [1.165, 1.54) is 6.33 Å². The summed E-state index contributed by atoms with van der Waals surface area (Å²) >= 11 is 0. The van der Waals surface area contributed by atoms with E-state index in [1.54, 1.807) is 11.0 Å². The molecule has 140 valence electrons. The molecule has 0 radical (unpaired) electrons. The molecule has 6 nitrogen and oxygen atoms in total. The first-order valence-electron chi connectivity index (χ1n) is 9.15. The van der Waals surface area contributed by atoms with Crippen LogP contribution in [-0.4, -0.2) is 25.2 Å². The van der Waals surface area contributed by atoms with Crippen LogP contribution in [0.4, 0.5) is 0 Å². The van der Waals surface area contributed by atoms with Crippen molar-refractivity contribution >= 4 is 5.91 Å². The van der Waals surface area contributed by atoms with Crippen molar-refractivity contribution in [3.05, 3.63) is 108 Å². The second-order valence-corrected chi connectivity index (χ2v) is 6.60. The molecule has 0 saturated heterocycles. The van der Waals surface area contributed by atoms with Gasteiger partial charge in [0.2, 0.25) is 0 Å². The van der Waals surface area contributed by atoms with Gasteiger partial charge in [0.05, 0.1) is 6.54 Å². The predicted molar refractivity (Wildman–Crippen MR) is 107 cm³/mol. The molecular weight excluding hydrogens is 350 g/mol. The van der Waals surface area contributed by atoms with Gasteiger partial charge < -0.3 is 9.88 Å². The van der Waals surface area contributed by atoms with Gasteiger partial charge in [0.25, 0.3) is 5.91 Å². The second-order valence-electron chi connectivity index (χ2n) is 6.60. The van der Waals surface area contributed by atoms with E-state index in [4.69, 9.17) is 0 Å². The average Bonchev–Trinajstić information content (AvgIpc) is 3.40. The van der Waals surface area contributed by atoms with Crippen molar-refractivity contribution in [2.75, 3.05) is 0 Å². The molecule has 28 heavy (non-hydrogen) atoms. The van der Waals surface area contributed by atoms with E-state index >= 15 is 0 Å². The molecule has 0 fully saturated rings. The van der Waals surface area contributed by atoms with E-state index in [1.807, 2.05) is 65.4 Å². The lowest BCUT2D eigenvalue weighted by Crippen LogP contribution is -2.25. The molecule has 0 aliphatic rings. The Labute approximate surface area is 163 Å². The highest BCUT2D eigenvalue weighted by molar-refractivity contribution is 5.92. The van der Waals surface area contributed by atoms with Crippen LogP contribution in [0.15, 0.2) is 85.6 Å². The Hall–Kier alpha value is -3.67. The van der Waals surface area contributed by atoms with Crippen molar-refractivity contribution in [3.63, 3.8) is 0 Å². The Bertz CT molecular complexity index is 1020. The molecule has 0 unspecified atom stereocenters. The van der Waals surface area contributed by atoms with Crippen LogP contribution >= 0.6 is 0 Å². The number of hydrogen-bond acceptors (Lipinski definition) is 3. The van der Waals surface area contributed by atoms with Crippen LogP contribution in [0.25, 0.3) is 0 Å². The minimum atomic E-state index is -0.0763. The quantitative estimate of drug-likeness (QED) is 0.543. The fourth-order valence-electron chi connectivity index (χ4n) is 3.08. The summed E-state index contributed by atoms with van der Waals surface area (Å²) in [6.07, 6.45) is 5.15. The lowest BCUT2D eigenvalue weighted by atomic mass is 10.1. The van der Waals surface area contributed by atoms with Crippen molar-refractivity contribution in [3.8, 4) is 0 Å². The largest absolute Gasteiger partial charge is 0.347 e. The third-order valence-corrected chi connectivity index (χ3v) is 4.55. The molecule has 4 aromatic rings. The Morgan fingerprint density at radius 3 is 2.36 bits per heavy atom. The smallest absolute Gasteiger partial charge is 0.268 e. The van der Waals surface area contributed by atoms with Crippen LogP contribution in [0.5, 0.6) is 0 Å². The van der Waals surface area contributed by atoms with E-state index in [9.17, 15) is 4.79 Å². The molecule has 4 rings (SSSR count). The number of carbonyl (C=O) groups excluding carboxylic acids is 1. The van der Waals surface area contributed by atoms with Gasteiger partial charge in [-0.2, -0.15) is 5.10 Å². The van der Waals surface area contributed by atoms with E-state index in [0.717, 1.165) is 16.7 Å². The molecule has 0 saturated carbocycles. The molecule has 2 aromatic carbocycles. The number of aromatic nitrogens is 4. The van der Waals surface area contributed by atoms with Crippen LogP contribution < -0.4 is 5.32 Å². The normalized spacial score (nSPS) is 10.7. The summed E-state index contributed by atoms with van der Waals surface area (Å²) in [5, 5.41) is 7.11. The third kappa shape index (κ3) is 4.35. The summed E-state index contributed by atoms with van der Waals surface area (Å²) < 4.78 is 3.74. The Balaban J connectivity index is 1.35. The van der Waals surface area contributed by atoms with E-state index in [2.05, 4.69) is 27.5 Å². The summed E-state index contributed by atoms with van der Waals surface area (Å²) in [7, 11) is 0. The van der Waals surface area contributed by atoms with Crippen molar-refractivity contribution in [2.45, 2.75) is 19.6 Å². The number of carbonyl (C=O) groups is 1. The van der Waals surface area contributed by atoms with Crippen molar-refractivity contribution in [2.24, 2.45) is 0 Å². The van der Waals surface area contributed by atoms with E-state index in [0.29, 0.717) is 25.3 Å². The summed E-state index contributed by atoms with van der Waals surface area (Å²) in [5.74, 6) is -0.0763. The molecule has 1 amide bonds. The predicted octanol–water partition coefficient (Wildman–Crippen LogP) is 3.11. The lowest BCUT2D eigenvalue weighted by Gasteiger charge is -2.10. The fraction of sp³-hybridized carbons (Fsp3) is 0.136. The zero-order valence-corrected chi connectivity index (χ0v) is 15.4. The molecule has 2 aromatic heterocycles. The number of nitrogens with one attached hydrogen (secondary N) is 1. The first-order valence-corrected chi connectivity index (χ1v) is 9.15. The number of rotatable bonds is 7. The molecule has 2 heterocycles. The van der Waals surface area contributed by atoms with Gasteiger partial charge >= 0.3 is 0 Å². The Morgan fingerprint density at radius 1 is 0.857 bits per heavy atom. The minimum Gasteiger partial charge on any atom is -0.347 e. The van der Waals surface area contributed by atoms with Gasteiger partial charge in [0.15, 0.2) is 0 Å². The van der Waals surface area contributed by atoms with Crippen molar-refractivity contribution in [1.29, 1.82) is 0 Å². The highest BCUT2D eigenvalue weighted by Crippen LogP contribution is 2.09. The topological polar surface area (TPSA) is 64.7 Å². The Kier molecular flexibility index (Phi) is 5.29. The zero-order chi connectivity index (χ0) is 19.2. The molecule has 0 atom stereocenters. The van der Waals surface area contributed by atoms with Crippen LogP contribution in [0, 0.1) is 0 Å². The average molecular weight is 371 g/mol. The van der Waals surface area contributed by atoms with Crippen LogP contribution in [0.1, 0.15) is 27.2 Å². The standard InChI is InChI=1S/C22H21N5O/c28-22(21-7-4-12-26(21)14-19-5-2-1-3-6-19)24-13-18-8-10-20(11-9-18)15-27-17-23-16-25-27/h1-12,16-17H,13-15H2,(H,24,28). The first-order chi connectivity index (χ1) is 13.8. The maximum absolute atomic E-state index is 12.6. The van der Waals surface area contributed by atoms with Gasteiger partial charge in [-0.15, -0.1) is 0 Å². The summed E-state index contributed by atoms with van der Waals surface area (Å²) in [6, 6.07) is 22.0. The lowest BCUT2D eigenvalue weighted by molar-refractivity contribution is 0.0942. The minimum absolute atomic E-state index is 0.0763. The second kappa shape index (κ2) is 8.35. The van der Waals surface area contributed by atoms with Crippen molar-refractivity contribution in [1.82, 2.24) is 24.6 Å². The number of nitrogens with zero attached hydrogens (tertiary/aromatic N) is 4. The fourth-order valence-corrected chi connectivity index (χ4v) is 3.08. The highest BCUT2D eigenvalue weighted by atomic mass is 16.1. The first kappa shape index (κ1) is 17.7. The summed E-state index contributed by atoms with van der Waals surface area (Å²) in [6.45, 7) is 1.84. The van der Waals surface area contributed by atoms with Gasteiger partial charge in [-0.3, -0.25) is 4.79 Å². The van der Waals surface area contributed by atoms with Crippen LogP contribution in [0.3, 0.4) is 0 Å². The number of hydrogen-bond donors (Lipinski definition) is 1. The molecule has 1 N–H and O–H groups in total. The van der Waals surface area contributed by atoms with Gasteiger partial charge in [0, 0.05) is 19.3 Å². The molecule has 0 spiro atoms.